The molecule has 0 unspecified atom stereocenters. The summed E-state index contributed by atoms with van der Waals surface area (Å²) in [6, 6.07) is 8.21. The number of fused-ring (bicyclic) bond motifs is 1. The summed E-state index contributed by atoms with van der Waals surface area (Å²) < 4.78 is 1.99. The van der Waals surface area contributed by atoms with Crippen molar-refractivity contribution in [3.63, 3.8) is 0 Å². The zero-order valence-electron chi connectivity index (χ0n) is 16.5. The maximum absolute atomic E-state index is 6.68. The first-order chi connectivity index (χ1) is 13.5. The topological polar surface area (TPSA) is 43.1 Å². The van der Waals surface area contributed by atoms with Crippen molar-refractivity contribution < 1.29 is 0 Å². The lowest BCUT2D eigenvalue weighted by Crippen LogP contribution is -2.04. The van der Waals surface area contributed by atoms with Gasteiger partial charge in [0.05, 0.1) is 21.3 Å². The van der Waals surface area contributed by atoms with Gasteiger partial charge in [0.15, 0.2) is 5.65 Å². The lowest BCUT2D eigenvalue weighted by atomic mass is 9.95. The van der Waals surface area contributed by atoms with Gasteiger partial charge in [0.25, 0.3) is 0 Å². The Balaban J connectivity index is 1.93. The van der Waals surface area contributed by atoms with Crippen molar-refractivity contribution in [3.8, 4) is 21.0 Å². The molecule has 4 nitrogen and oxygen atoms in total. The predicted molar refractivity (Wildman–Crippen MR) is 117 cm³/mol. The first-order valence-corrected chi connectivity index (χ1v) is 10.8. The first kappa shape index (κ1) is 19.1. The van der Waals surface area contributed by atoms with Crippen LogP contribution in [0.1, 0.15) is 49.6 Å². The second kappa shape index (κ2) is 7.64. The van der Waals surface area contributed by atoms with Gasteiger partial charge in [-0.05, 0) is 62.4 Å². The van der Waals surface area contributed by atoms with Gasteiger partial charge in [0.1, 0.15) is 5.69 Å². The minimum absolute atomic E-state index is 0.477. The molecule has 0 bridgehead atoms. The van der Waals surface area contributed by atoms with Gasteiger partial charge >= 0.3 is 0 Å². The molecule has 0 atom stereocenters. The molecule has 0 amide bonds. The average molecular weight is 411 g/mol. The SMILES string of the molecule is CCC(CC)c1cc(C)nn2c(-c3sc(-c4ccncc4)cc3Cl)c(C)nc12. The number of hydrogen-bond donors (Lipinski definition) is 0. The minimum Gasteiger partial charge on any atom is -0.265 e. The third-order valence-electron chi connectivity index (χ3n) is 5.20. The van der Waals surface area contributed by atoms with Gasteiger partial charge in [-0.3, -0.25) is 4.98 Å². The number of aryl methyl sites for hydroxylation is 2. The Labute approximate surface area is 174 Å². The Bertz CT molecular complexity index is 1130. The molecule has 0 aliphatic rings. The van der Waals surface area contributed by atoms with E-state index in [1.165, 1.54) is 5.56 Å². The molecule has 0 radical (unpaired) electrons. The van der Waals surface area contributed by atoms with E-state index in [0.717, 1.165) is 55.9 Å². The van der Waals surface area contributed by atoms with E-state index in [-0.39, 0.29) is 0 Å². The van der Waals surface area contributed by atoms with Crippen LogP contribution in [-0.4, -0.2) is 19.6 Å². The highest BCUT2D eigenvalue weighted by Crippen LogP contribution is 2.42. The first-order valence-electron chi connectivity index (χ1n) is 9.60. The molecule has 0 saturated heterocycles. The number of pyridine rings is 1. The number of nitrogens with zero attached hydrogens (tertiary/aromatic N) is 4. The maximum Gasteiger partial charge on any atom is 0.158 e. The van der Waals surface area contributed by atoms with Gasteiger partial charge in [0, 0.05) is 22.8 Å². The predicted octanol–water partition coefficient (Wildman–Crippen LogP) is 6.69. The quantitative estimate of drug-likeness (QED) is 0.368. The van der Waals surface area contributed by atoms with E-state index in [9.17, 15) is 0 Å². The molecule has 0 fully saturated rings. The Hall–Kier alpha value is -2.24. The largest absolute Gasteiger partial charge is 0.265 e. The van der Waals surface area contributed by atoms with Gasteiger partial charge in [-0.15, -0.1) is 11.3 Å². The van der Waals surface area contributed by atoms with Gasteiger partial charge < -0.3 is 0 Å². The highest BCUT2D eigenvalue weighted by molar-refractivity contribution is 7.19. The lowest BCUT2D eigenvalue weighted by molar-refractivity contribution is 0.638. The fourth-order valence-electron chi connectivity index (χ4n) is 3.76. The fourth-order valence-corrected chi connectivity index (χ4v) is 5.27. The van der Waals surface area contributed by atoms with Crippen LogP contribution in [0.5, 0.6) is 0 Å². The van der Waals surface area contributed by atoms with Crippen LogP contribution in [0.15, 0.2) is 36.7 Å². The molecule has 0 saturated carbocycles. The molecule has 6 heteroatoms. The minimum atomic E-state index is 0.477. The molecule has 0 aliphatic heterocycles. The number of halogens is 1. The molecular formula is C22H23ClN4S. The Kier molecular flexibility index (Phi) is 5.21. The maximum atomic E-state index is 6.68. The molecule has 4 aromatic heterocycles. The third-order valence-corrected chi connectivity index (χ3v) is 6.80. The second-order valence-corrected chi connectivity index (χ2v) is 8.52. The monoisotopic (exact) mass is 410 g/mol. The van der Waals surface area contributed by atoms with Crippen LogP contribution in [0.25, 0.3) is 26.7 Å². The van der Waals surface area contributed by atoms with E-state index in [1.54, 1.807) is 23.7 Å². The van der Waals surface area contributed by atoms with Crippen LogP contribution in [0.4, 0.5) is 0 Å². The third kappa shape index (κ3) is 3.23. The van der Waals surface area contributed by atoms with E-state index in [0.29, 0.717) is 5.92 Å². The second-order valence-electron chi connectivity index (χ2n) is 7.06. The van der Waals surface area contributed by atoms with Gasteiger partial charge in [0.2, 0.25) is 0 Å². The highest BCUT2D eigenvalue weighted by atomic mass is 35.5. The lowest BCUT2D eigenvalue weighted by Gasteiger charge is -2.14. The Morgan fingerprint density at radius 3 is 2.50 bits per heavy atom. The number of hydrogen-bond acceptors (Lipinski definition) is 4. The van der Waals surface area contributed by atoms with Crippen LogP contribution < -0.4 is 0 Å². The molecule has 28 heavy (non-hydrogen) atoms. The van der Waals surface area contributed by atoms with Crippen molar-refractivity contribution in [1.29, 1.82) is 0 Å². The van der Waals surface area contributed by atoms with Crippen LogP contribution >= 0.6 is 22.9 Å². The summed E-state index contributed by atoms with van der Waals surface area (Å²) >= 11 is 8.35. The molecule has 0 aliphatic carbocycles. The summed E-state index contributed by atoms with van der Waals surface area (Å²) in [5.74, 6) is 0.477. The molecule has 0 spiro atoms. The van der Waals surface area contributed by atoms with Gasteiger partial charge in [-0.2, -0.15) is 5.10 Å². The summed E-state index contributed by atoms with van der Waals surface area (Å²) in [5, 5.41) is 5.53. The molecule has 0 N–H and O–H groups in total. The number of aromatic nitrogens is 4. The van der Waals surface area contributed by atoms with Crippen molar-refractivity contribution >= 4 is 28.6 Å². The van der Waals surface area contributed by atoms with E-state index < -0.39 is 0 Å². The Morgan fingerprint density at radius 2 is 1.82 bits per heavy atom. The summed E-state index contributed by atoms with van der Waals surface area (Å²) in [6.45, 7) is 8.55. The number of imidazole rings is 1. The van der Waals surface area contributed by atoms with Crippen molar-refractivity contribution in [1.82, 2.24) is 19.6 Å². The zero-order chi connectivity index (χ0) is 19.8. The number of rotatable bonds is 5. The van der Waals surface area contributed by atoms with Gasteiger partial charge in [-0.25, -0.2) is 9.50 Å². The fraction of sp³-hybridized carbons (Fsp3) is 0.318. The van der Waals surface area contributed by atoms with Crippen molar-refractivity contribution in [2.24, 2.45) is 0 Å². The molecule has 144 valence electrons. The number of thiophene rings is 1. The summed E-state index contributed by atoms with van der Waals surface area (Å²) in [6.07, 6.45) is 5.77. The van der Waals surface area contributed by atoms with Crippen molar-refractivity contribution in [2.45, 2.75) is 46.5 Å². The van der Waals surface area contributed by atoms with Crippen LogP contribution in [0.2, 0.25) is 5.02 Å². The van der Waals surface area contributed by atoms with E-state index >= 15 is 0 Å². The van der Waals surface area contributed by atoms with E-state index in [2.05, 4.69) is 24.9 Å². The Morgan fingerprint density at radius 1 is 1.11 bits per heavy atom. The molecule has 4 rings (SSSR count). The summed E-state index contributed by atoms with van der Waals surface area (Å²) in [4.78, 5) is 11.1. The van der Waals surface area contributed by atoms with Gasteiger partial charge in [-0.1, -0.05) is 25.4 Å². The summed E-state index contributed by atoms with van der Waals surface area (Å²) in [7, 11) is 0. The van der Waals surface area contributed by atoms with Crippen LogP contribution in [0, 0.1) is 13.8 Å². The summed E-state index contributed by atoms with van der Waals surface area (Å²) in [5.41, 5.74) is 6.27. The normalized spacial score (nSPS) is 11.6. The highest BCUT2D eigenvalue weighted by Gasteiger charge is 2.22. The molecule has 4 aromatic rings. The van der Waals surface area contributed by atoms with Crippen LogP contribution in [-0.2, 0) is 0 Å². The molecule has 4 heterocycles. The zero-order valence-corrected chi connectivity index (χ0v) is 18.1. The smallest absolute Gasteiger partial charge is 0.158 e. The standard InChI is InChI=1S/C22H23ClN4S/c1-5-15(6-2)17-11-13(3)26-27-20(14(4)25-22(17)27)21-18(23)12-19(28-21)16-7-9-24-10-8-16/h7-12,15H,5-6H2,1-4H3. The van der Waals surface area contributed by atoms with Crippen molar-refractivity contribution in [2.75, 3.05) is 0 Å². The molecule has 0 aromatic carbocycles. The average Bonchev–Trinajstić information content (AvgIpc) is 3.22. The van der Waals surface area contributed by atoms with Crippen molar-refractivity contribution in [3.05, 3.63) is 58.6 Å². The van der Waals surface area contributed by atoms with E-state index in [1.807, 2.05) is 36.6 Å². The molecular weight excluding hydrogens is 388 g/mol. The van der Waals surface area contributed by atoms with E-state index in [4.69, 9.17) is 21.7 Å². The van der Waals surface area contributed by atoms with Crippen LogP contribution in [0.3, 0.4) is 0 Å².